The summed E-state index contributed by atoms with van der Waals surface area (Å²) >= 11 is 0. The fourth-order valence-corrected chi connectivity index (χ4v) is 6.01. The summed E-state index contributed by atoms with van der Waals surface area (Å²) in [6.45, 7) is 20.2. The van der Waals surface area contributed by atoms with Crippen LogP contribution in [-0.4, -0.2) is 36.0 Å². The Morgan fingerprint density at radius 3 is 2.59 bits per heavy atom. The first-order valence-corrected chi connectivity index (χ1v) is 15.2. The van der Waals surface area contributed by atoms with Gasteiger partial charge in [0, 0.05) is 30.4 Å². The number of nitrogens with zero attached hydrogens (tertiary/aromatic N) is 1. The number of nitrogens with two attached hydrogens (primary N) is 1. The van der Waals surface area contributed by atoms with Crippen LogP contribution in [0.1, 0.15) is 75.7 Å². The highest BCUT2D eigenvalue weighted by molar-refractivity contribution is 5.95. The molecule has 220 valence electrons. The Hall–Kier alpha value is -3.37. The third kappa shape index (κ3) is 9.06. The van der Waals surface area contributed by atoms with Crippen LogP contribution in [0.25, 0.3) is 0 Å². The number of aryl methyl sites for hydroxylation is 1. The van der Waals surface area contributed by atoms with E-state index in [1.165, 1.54) is 16.7 Å². The van der Waals surface area contributed by atoms with E-state index >= 15 is 0 Å². The van der Waals surface area contributed by atoms with Crippen LogP contribution in [0.5, 0.6) is 0 Å². The van der Waals surface area contributed by atoms with Gasteiger partial charge in [-0.2, -0.15) is 0 Å². The lowest BCUT2D eigenvalue weighted by molar-refractivity contribution is 0.0717. The number of rotatable bonds is 10. The molecule has 0 saturated carbocycles. The number of allylic oxidation sites excluding steroid dienone is 9. The third-order valence-electron chi connectivity index (χ3n) is 8.64. The van der Waals surface area contributed by atoms with Gasteiger partial charge in [0.2, 0.25) is 0 Å². The van der Waals surface area contributed by atoms with Crippen molar-refractivity contribution in [3.8, 4) is 0 Å². The van der Waals surface area contributed by atoms with Gasteiger partial charge in [-0.1, -0.05) is 81.2 Å². The van der Waals surface area contributed by atoms with Crippen molar-refractivity contribution in [2.24, 2.45) is 11.8 Å². The van der Waals surface area contributed by atoms with Crippen molar-refractivity contribution in [2.75, 3.05) is 18.8 Å². The highest BCUT2D eigenvalue weighted by atomic mass is 16.2. The molecule has 1 fully saturated rings. The quantitative estimate of drug-likeness (QED) is 0.226. The molecule has 2 aliphatic rings. The third-order valence-corrected chi connectivity index (χ3v) is 8.64. The second kappa shape index (κ2) is 15.6. The van der Waals surface area contributed by atoms with Crippen LogP contribution in [0.2, 0.25) is 0 Å². The highest BCUT2D eigenvalue weighted by Gasteiger charge is 2.29. The van der Waals surface area contributed by atoms with Crippen molar-refractivity contribution in [3.05, 3.63) is 113 Å². The van der Waals surface area contributed by atoms with Crippen LogP contribution in [0.4, 0.5) is 5.69 Å². The normalized spacial score (nSPS) is 24.7. The summed E-state index contributed by atoms with van der Waals surface area (Å²) < 4.78 is 0. The molecule has 1 heterocycles. The minimum absolute atomic E-state index is 0.0374. The average Bonchev–Trinajstić information content (AvgIpc) is 3.14. The van der Waals surface area contributed by atoms with Gasteiger partial charge in [-0.15, -0.1) is 0 Å². The van der Waals surface area contributed by atoms with Gasteiger partial charge < -0.3 is 16.0 Å². The fraction of sp³-hybridized carbons (Fsp3) is 0.432. The van der Waals surface area contributed by atoms with Crippen LogP contribution in [0.15, 0.2) is 102 Å². The molecule has 1 aliphatic carbocycles. The number of anilines is 1. The molecule has 4 heteroatoms. The molecule has 4 atom stereocenters. The molecule has 3 N–H and O–H groups in total. The molecule has 1 aliphatic heterocycles. The molecule has 0 radical (unpaired) electrons. The van der Waals surface area contributed by atoms with E-state index < -0.39 is 0 Å². The zero-order valence-electron chi connectivity index (χ0n) is 26.0. The molecule has 0 bridgehead atoms. The topological polar surface area (TPSA) is 58.4 Å². The van der Waals surface area contributed by atoms with E-state index in [4.69, 9.17) is 5.73 Å². The maximum atomic E-state index is 13.9. The zero-order chi connectivity index (χ0) is 29.9. The largest absolute Gasteiger partial charge is 0.399 e. The number of hydrogen-bond acceptors (Lipinski definition) is 3. The fourth-order valence-electron chi connectivity index (χ4n) is 6.01. The molecule has 3 rings (SSSR count). The Labute approximate surface area is 249 Å². The first-order chi connectivity index (χ1) is 19.7. The lowest BCUT2D eigenvalue weighted by atomic mass is 9.82. The summed E-state index contributed by atoms with van der Waals surface area (Å²) in [4.78, 5) is 16.0. The first kappa shape index (κ1) is 32.1. The van der Waals surface area contributed by atoms with Crippen LogP contribution in [-0.2, 0) is 0 Å². The molecule has 0 spiro atoms. The van der Waals surface area contributed by atoms with Crippen molar-refractivity contribution < 1.29 is 4.79 Å². The summed E-state index contributed by atoms with van der Waals surface area (Å²) in [6.07, 6.45) is 21.9. The molecular formula is C37H51N3O. The molecule has 1 aromatic carbocycles. The summed E-state index contributed by atoms with van der Waals surface area (Å²) in [5.41, 5.74) is 13.3. The van der Waals surface area contributed by atoms with Crippen LogP contribution >= 0.6 is 0 Å². The van der Waals surface area contributed by atoms with Crippen LogP contribution in [0.3, 0.4) is 0 Å². The molecule has 1 saturated heterocycles. The van der Waals surface area contributed by atoms with E-state index in [0.29, 0.717) is 29.8 Å². The average molecular weight is 554 g/mol. The SMILES string of the molecule is C=C\C=C(CN[C@@H]1CCC(/C=C\C2=CCC(C)C(C)C2)N(C(=O)c2cc(C)cc(N)c2)CC1)/C(C=C)=C(C)/C=C\C. The van der Waals surface area contributed by atoms with Gasteiger partial charge >= 0.3 is 0 Å². The molecule has 1 aromatic rings. The Balaban J connectivity index is 1.83. The van der Waals surface area contributed by atoms with E-state index in [1.807, 2.05) is 44.2 Å². The predicted octanol–water partition coefficient (Wildman–Crippen LogP) is 8.27. The number of likely N-dealkylation sites (tertiary alicyclic amines) is 1. The maximum absolute atomic E-state index is 13.9. The van der Waals surface area contributed by atoms with Gasteiger partial charge in [-0.25, -0.2) is 0 Å². The van der Waals surface area contributed by atoms with Gasteiger partial charge in [-0.3, -0.25) is 4.79 Å². The lowest BCUT2D eigenvalue weighted by Crippen LogP contribution is -2.39. The second-order valence-electron chi connectivity index (χ2n) is 11.9. The van der Waals surface area contributed by atoms with Gasteiger partial charge in [0.25, 0.3) is 5.91 Å². The highest BCUT2D eigenvalue weighted by Crippen LogP contribution is 2.30. The number of carbonyl (C=O) groups excluding carboxylic acids is 1. The smallest absolute Gasteiger partial charge is 0.254 e. The predicted molar refractivity (Wildman–Crippen MR) is 177 cm³/mol. The number of carbonyl (C=O) groups is 1. The summed E-state index contributed by atoms with van der Waals surface area (Å²) in [7, 11) is 0. The molecule has 41 heavy (non-hydrogen) atoms. The number of hydrogen-bond donors (Lipinski definition) is 2. The Bertz CT molecular complexity index is 1220. The molecule has 0 aromatic heterocycles. The number of benzene rings is 1. The first-order valence-electron chi connectivity index (χ1n) is 15.2. The van der Waals surface area contributed by atoms with Gasteiger partial charge in [0.15, 0.2) is 0 Å². The summed E-state index contributed by atoms with van der Waals surface area (Å²) in [5.74, 6) is 1.46. The molecule has 1 amide bonds. The van der Waals surface area contributed by atoms with E-state index in [9.17, 15) is 4.79 Å². The number of nitrogen functional groups attached to an aromatic ring is 1. The molecule has 4 nitrogen and oxygen atoms in total. The standard InChI is InChI=1S/C37H51N3O/c1-8-11-28(6)36(10-3)31(12-9-2)25-39-34-16-18-35(17-15-30-14-13-27(5)29(7)23-30)40(20-19-34)37(41)32-21-26(4)22-33(38)24-32/h8-12,14-15,17,21-22,24,27,29,34-35,39H,2-3,13,16,18-20,23,25,38H2,1,4-7H3/b11-8-,17-15-,31-12-,36-28+/t27?,29?,34-,35?/m1/s1. The Morgan fingerprint density at radius 1 is 1.15 bits per heavy atom. The lowest BCUT2D eigenvalue weighted by Gasteiger charge is -2.29. The van der Waals surface area contributed by atoms with Gasteiger partial charge in [-0.05, 0) is 105 Å². The monoisotopic (exact) mass is 553 g/mol. The van der Waals surface area contributed by atoms with Crippen LogP contribution in [0, 0.1) is 18.8 Å². The minimum atomic E-state index is 0.0374. The number of nitrogens with one attached hydrogen (secondary N) is 1. The second-order valence-corrected chi connectivity index (χ2v) is 11.9. The Morgan fingerprint density at radius 2 is 1.93 bits per heavy atom. The molecular weight excluding hydrogens is 502 g/mol. The van der Waals surface area contributed by atoms with Crippen molar-refractivity contribution in [1.82, 2.24) is 10.2 Å². The van der Waals surface area contributed by atoms with Crippen molar-refractivity contribution in [1.29, 1.82) is 0 Å². The van der Waals surface area contributed by atoms with E-state index in [2.05, 4.69) is 80.6 Å². The van der Waals surface area contributed by atoms with Crippen molar-refractivity contribution in [2.45, 2.75) is 78.8 Å². The van der Waals surface area contributed by atoms with Crippen molar-refractivity contribution >= 4 is 11.6 Å². The van der Waals surface area contributed by atoms with E-state index in [1.54, 1.807) is 0 Å². The van der Waals surface area contributed by atoms with Crippen LogP contribution < -0.4 is 11.1 Å². The Kier molecular flexibility index (Phi) is 12.2. The molecule has 3 unspecified atom stereocenters. The maximum Gasteiger partial charge on any atom is 0.254 e. The van der Waals surface area contributed by atoms with Gasteiger partial charge in [0.05, 0.1) is 6.04 Å². The van der Waals surface area contributed by atoms with E-state index in [-0.39, 0.29) is 11.9 Å². The van der Waals surface area contributed by atoms with Crippen molar-refractivity contribution in [3.63, 3.8) is 0 Å². The number of amides is 1. The van der Waals surface area contributed by atoms with Gasteiger partial charge in [0.1, 0.15) is 0 Å². The summed E-state index contributed by atoms with van der Waals surface area (Å²) in [5, 5.41) is 3.80. The zero-order valence-corrected chi connectivity index (χ0v) is 26.0. The minimum Gasteiger partial charge on any atom is -0.399 e. The van der Waals surface area contributed by atoms with E-state index in [0.717, 1.165) is 55.7 Å². The summed E-state index contributed by atoms with van der Waals surface area (Å²) in [6, 6.07) is 6.01.